The Morgan fingerprint density at radius 2 is 2.06 bits per heavy atom. The minimum atomic E-state index is 0.226. The van der Waals surface area contributed by atoms with Crippen molar-refractivity contribution in [2.24, 2.45) is 5.73 Å². The van der Waals surface area contributed by atoms with Crippen LogP contribution in [0, 0.1) is 13.8 Å². The molecule has 0 aliphatic rings. The summed E-state index contributed by atoms with van der Waals surface area (Å²) in [7, 11) is 1.70. The van der Waals surface area contributed by atoms with Crippen LogP contribution < -0.4 is 15.8 Å². The number of nitrogens with two attached hydrogens (primary N) is 1. The normalized spacial score (nSPS) is 12.3. The largest absolute Gasteiger partial charge is 0.495 e. The van der Waals surface area contributed by atoms with E-state index in [2.05, 4.69) is 25.2 Å². The number of aryl methyl sites for hydroxylation is 2. The van der Waals surface area contributed by atoms with Crippen LogP contribution in [-0.2, 0) is 0 Å². The van der Waals surface area contributed by atoms with Crippen molar-refractivity contribution in [3.63, 3.8) is 0 Å². The molecule has 0 heterocycles. The molecule has 0 aliphatic heterocycles. The van der Waals surface area contributed by atoms with Crippen molar-refractivity contribution in [2.45, 2.75) is 33.2 Å². The van der Waals surface area contributed by atoms with Gasteiger partial charge >= 0.3 is 0 Å². The van der Waals surface area contributed by atoms with Gasteiger partial charge in [-0.2, -0.15) is 0 Å². The molecule has 1 atom stereocenters. The van der Waals surface area contributed by atoms with Gasteiger partial charge in [-0.15, -0.1) is 0 Å². The van der Waals surface area contributed by atoms with E-state index in [1.54, 1.807) is 7.11 Å². The second-order valence-corrected chi connectivity index (χ2v) is 4.35. The Labute approximate surface area is 98.0 Å². The molecule has 0 amide bonds. The van der Waals surface area contributed by atoms with Crippen LogP contribution in [0.4, 0.5) is 5.69 Å². The molecular weight excluding hydrogens is 200 g/mol. The summed E-state index contributed by atoms with van der Waals surface area (Å²) < 4.78 is 5.37. The maximum atomic E-state index is 5.72. The minimum absolute atomic E-state index is 0.226. The zero-order valence-corrected chi connectivity index (χ0v) is 10.6. The van der Waals surface area contributed by atoms with Gasteiger partial charge in [0.1, 0.15) is 5.75 Å². The first kappa shape index (κ1) is 12.8. The van der Waals surface area contributed by atoms with Crippen molar-refractivity contribution in [3.8, 4) is 5.75 Å². The third-order valence-electron chi connectivity index (χ3n) is 2.57. The molecule has 1 aromatic rings. The predicted molar refractivity (Wildman–Crippen MR) is 69.2 cm³/mol. The molecule has 90 valence electrons. The highest BCUT2D eigenvalue weighted by Gasteiger charge is 2.07. The van der Waals surface area contributed by atoms with E-state index in [0.29, 0.717) is 0 Å². The van der Waals surface area contributed by atoms with Gasteiger partial charge in [0, 0.05) is 12.6 Å². The highest BCUT2D eigenvalue weighted by Crippen LogP contribution is 2.29. The lowest BCUT2D eigenvalue weighted by atomic mass is 10.1. The van der Waals surface area contributed by atoms with Gasteiger partial charge in [0.15, 0.2) is 0 Å². The summed E-state index contributed by atoms with van der Waals surface area (Å²) >= 11 is 0. The van der Waals surface area contributed by atoms with Crippen molar-refractivity contribution in [2.75, 3.05) is 19.0 Å². The van der Waals surface area contributed by atoms with Gasteiger partial charge in [0.25, 0.3) is 0 Å². The Bertz CT molecular complexity index is 348. The van der Waals surface area contributed by atoms with Gasteiger partial charge < -0.3 is 15.8 Å². The standard InChI is InChI=1S/C13H22N2O/c1-9-7-10(2)13(12(8-9)16-4)15-6-5-11(3)14/h7-8,11,15H,5-6,14H2,1-4H3. The summed E-state index contributed by atoms with van der Waals surface area (Å²) in [5, 5.41) is 3.39. The Morgan fingerprint density at radius 1 is 1.38 bits per heavy atom. The summed E-state index contributed by atoms with van der Waals surface area (Å²) in [5.41, 5.74) is 9.22. The monoisotopic (exact) mass is 222 g/mol. The van der Waals surface area contributed by atoms with Crippen LogP contribution in [0.2, 0.25) is 0 Å². The first-order valence-corrected chi connectivity index (χ1v) is 5.69. The van der Waals surface area contributed by atoms with Crippen molar-refractivity contribution in [1.82, 2.24) is 0 Å². The number of ether oxygens (including phenoxy) is 1. The second-order valence-electron chi connectivity index (χ2n) is 4.35. The van der Waals surface area contributed by atoms with Crippen LogP contribution in [0.15, 0.2) is 12.1 Å². The molecule has 0 radical (unpaired) electrons. The van der Waals surface area contributed by atoms with Crippen molar-refractivity contribution < 1.29 is 4.74 Å². The molecule has 3 heteroatoms. The minimum Gasteiger partial charge on any atom is -0.495 e. The van der Waals surface area contributed by atoms with E-state index in [0.717, 1.165) is 24.4 Å². The van der Waals surface area contributed by atoms with E-state index >= 15 is 0 Å². The third kappa shape index (κ3) is 3.42. The molecule has 3 nitrogen and oxygen atoms in total. The van der Waals surface area contributed by atoms with Gasteiger partial charge in [0.05, 0.1) is 12.8 Å². The van der Waals surface area contributed by atoms with Crippen LogP contribution >= 0.6 is 0 Å². The van der Waals surface area contributed by atoms with Crippen molar-refractivity contribution in [1.29, 1.82) is 0 Å². The van der Waals surface area contributed by atoms with Gasteiger partial charge in [-0.05, 0) is 44.4 Å². The summed E-state index contributed by atoms with van der Waals surface area (Å²) in [6, 6.07) is 4.42. The van der Waals surface area contributed by atoms with Gasteiger partial charge in [-0.1, -0.05) is 6.07 Å². The fourth-order valence-corrected chi connectivity index (χ4v) is 1.74. The van der Waals surface area contributed by atoms with Crippen LogP contribution in [0.1, 0.15) is 24.5 Å². The quantitative estimate of drug-likeness (QED) is 0.804. The molecule has 1 unspecified atom stereocenters. The van der Waals surface area contributed by atoms with Crippen LogP contribution in [-0.4, -0.2) is 19.7 Å². The fourth-order valence-electron chi connectivity index (χ4n) is 1.74. The maximum absolute atomic E-state index is 5.72. The van der Waals surface area contributed by atoms with Gasteiger partial charge in [-0.25, -0.2) is 0 Å². The van der Waals surface area contributed by atoms with E-state index in [4.69, 9.17) is 10.5 Å². The van der Waals surface area contributed by atoms with Gasteiger partial charge in [0.2, 0.25) is 0 Å². The Hall–Kier alpha value is -1.22. The number of rotatable bonds is 5. The average Bonchev–Trinajstić information content (AvgIpc) is 2.20. The number of benzene rings is 1. The molecule has 1 rings (SSSR count). The number of hydrogen-bond donors (Lipinski definition) is 2. The van der Waals surface area contributed by atoms with E-state index in [-0.39, 0.29) is 6.04 Å². The third-order valence-corrected chi connectivity index (χ3v) is 2.57. The molecule has 3 N–H and O–H groups in total. The first-order valence-electron chi connectivity index (χ1n) is 5.69. The zero-order valence-electron chi connectivity index (χ0n) is 10.6. The molecule has 0 fully saturated rings. The average molecular weight is 222 g/mol. The summed E-state index contributed by atoms with van der Waals surface area (Å²) in [6.45, 7) is 7.05. The summed E-state index contributed by atoms with van der Waals surface area (Å²) in [4.78, 5) is 0. The van der Waals surface area contributed by atoms with Crippen LogP contribution in [0.3, 0.4) is 0 Å². The van der Waals surface area contributed by atoms with Crippen molar-refractivity contribution in [3.05, 3.63) is 23.3 Å². The molecule has 0 spiro atoms. The smallest absolute Gasteiger partial charge is 0.142 e. The molecule has 0 saturated heterocycles. The van der Waals surface area contributed by atoms with Crippen LogP contribution in [0.5, 0.6) is 5.75 Å². The Kier molecular flexibility index (Phi) is 4.62. The molecule has 16 heavy (non-hydrogen) atoms. The molecule has 0 saturated carbocycles. The van der Waals surface area contributed by atoms with E-state index < -0.39 is 0 Å². The molecule has 0 aliphatic carbocycles. The van der Waals surface area contributed by atoms with Gasteiger partial charge in [-0.3, -0.25) is 0 Å². The zero-order chi connectivity index (χ0) is 12.1. The summed E-state index contributed by atoms with van der Waals surface area (Å²) in [6.07, 6.45) is 0.955. The van der Waals surface area contributed by atoms with Crippen LogP contribution in [0.25, 0.3) is 0 Å². The lowest BCUT2D eigenvalue weighted by Gasteiger charge is -2.15. The van der Waals surface area contributed by atoms with Crippen molar-refractivity contribution >= 4 is 5.69 Å². The van der Waals surface area contributed by atoms with E-state index in [1.807, 2.05) is 13.0 Å². The fraction of sp³-hybridized carbons (Fsp3) is 0.538. The highest BCUT2D eigenvalue weighted by molar-refractivity contribution is 5.63. The first-order chi connectivity index (χ1) is 7.54. The number of hydrogen-bond acceptors (Lipinski definition) is 3. The van der Waals surface area contributed by atoms with E-state index in [1.165, 1.54) is 11.1 Å². The predicted octanol–water partition coefficient (Wildman–Crippen LogP) is 2.46. The molecule has 0 aromatic heterocycles. The number of methoxy groups -OCH3 is 1. The Morgan fingerprint density at radius 3 is 2.62 bits per heavy atom. The molecule has 1 aromatic carbocycles. The topological polar surface area (TPSA) is 47.3 Å². The highest BCUT2D eigenvalue weighted by atomic mass is 16.5. The SMILES string of the molecule is COc1cc(C)cc(C)c1NCCC(C)N. The number of nitrogens with one attached hydrogen (secondary N) is 1. The Balaban J connectivity index is 2.77. The molecule has 0 bridgehead atoms. The lowest BCUT2D eigenvalue weighted by Crippen LogP contribution is -2.19. The molecular formula is C13H22N2O. The lowest BCUT2D eigenvalue weighted by molar-refractivity contribution is 0.415. The van der Waals surface area contributed by atoms with E-state index in [9.17, 15) is 0 Å². The number of anilines is 1. The summed E-state index contributed by atoms with van der Waals surface area (Å²) in [5.74, 6) is 0.905. The maximum Gasteiger partial charge on any atom is 0.142 e. The second kappa shape index (κ2) is 5.75.